The van der Waals surface area contributed by atoms with Crippen LogP contribution in [-0.2, 0) is 11.2 Å². The van der Waals surface area contributed by atoms with E-state index in [1.165, 1.54) is 6.42 Å². The Morgan fingerprint density at radius 1 is 1.17 bits per heavy atom. The summed E-state index contributed by atoms with van der Waals surface area (Å²) in [6, 6.07) is 5.81. The maximum absolute atomic E-state index is 11.8. The molecule has 1 aliphatic carbocycles. The van der Waals surface area contributed by atoms with Crippen LogP contribution in [0.25, 0.3) is 0 Å². The van der Waals surface area contributed by atoms with Crippen molar-refractivity contribution < 1.29 is 4.79 Å². The molecule has 0 radical (unpaired) electrons. The summed E-state index contributed by atoms with van der Waals surface area (Å²) >= 11 is 0. The van der Waals surface area contributed by atoms with Gasteiger partial charge in [0.1, 0.15) is 5.66 Å². The summed E-state index contributed by atoms with van der Waals surface area (Å²) in [5, 5.41) is 2.89. The number of rotatable bonds is 1. The summed E-state index contributed by atoms with van der Waals surface area (Å²) in [7, 11) is 0. The second-order valence-electron chi connectivity index (χ2n) is 6.35. The Hall–Kier alpha value is -2.57. The van der Waals surface area contributed by atoms with Crippen molar-refractivity contribution in [2.45, 2.75) is 44.2 Å². The third-order valence-electron chi connectivity index (χ3n) is 4.86. The molecule has 2 aliphatic heterocycles. The zero-order valence-electron chi connectivity index (χ0n) is 12.9. The van der Waals surface area contributed by atoms with E-state index in [4.69, 9.17) is 11.5 Å². The number of nitrogens with two attached hydrogens (primary N) is 2. The standard InChI is InChI=1S/C16H20N6O/c17-14-20-15(18)22(16(21-14)7-2-1-3-8-16)12-6-4-5-11-10(12)9-13(23)19-11/h4-6H,1-3,7-9H2,(H,19,23)(H4,17,18,20,21). The van der Waals surface area contributed by atoms with Gasteiger partial charge in [0.05, 0.1) is 12.1 Å². The van der Waals surface area contributed by atoms with Gasteiger partial charge in [0.25, 0.3) is 0 Å². The van der Waals surface area contributed by atoms with E-state index < -0.39 is 5.66 Å². The van der Waals surface area contributed by atoms with Crippen LogP contribution in [-0.4, -0.2) is 23.5 Å². The number of fused-ring (bicyclic) bond motifs is 1. The first-order chi connectivity index (χ1) is 11.1. The molecule has 0 unspecified atom stereocenters. The molecule has 3 aliphatic rings. The Bertz CT molecular complexity index is 732. The van der Waals surface area contributed by atoms with Crippen molar-refractivity contribution in [2.75, 3.05) is 10.2 Å². The number of nitrogens with one attached hydrogen (secondary N) is 1. The van der Waals surface area contributed by atoms with Crippen molar-refractivity contribution >= 4 is 29.2 Å². The van der Waals surface area contributed by atoms with Crippen molar-refractivity contribution in [3.05, 3.63) is 23.8 Å². The Labute approximate surface area is 134 Å². The molecule has 4 rings (SSSR count). The highest BCUT2D eigenvalue weighted by Gasteiger charge is 2.43. The van der Waals surface area contributed by atoms with Gasteiger partial charge in [-0.15, -0.1) is 0 Å². The quantitative estimate of drug-likeness (QED) is 0.726. The van der Waals surface area contributed by atoms with Gasteiger partial charge in [-0.2, -0.15) is 4.99 Å². The lowest BCUT2D eigenvalue weighted by molar-refractivity contribution is -0.115. The molecule has 0 aromatic heterocycles. The monoisotopic (exact) mass is 312 g/mol. The first-order valence-electron chi connectivity index (χ1n) is 8.00. The lowest BCUT2D eigenvalue weighted by atomic mass is 9.87. The van der Waals surface area contributed by atoms with Crippen molar-refractivity contribution in [2.24, 2.45) is 21.5 Å². The molecule has 23 heavy (non-hydrogen) atoms. The number of carbonyl (C=O) groups excluding carboxylic acids is 1. The summed E-state index contributed by atoms with van der Waals surface area (Å²) in [5.74, 6) is 0.593. The Morgan fingerprint density at radius 3 is 2.74 bits per heavy atom. The predicted molar refractivity (Wildman–Crippen MR) is 90.3 cm³/mol. The van der Waals surface area contributed by atoms with Gasteiger partial charge >= 0.3 is 0 Å². The van der Waals surface area contributed by atoms with Crippen molar-refractivity contribution in [3.8, 4) is 0 Å². The van der Waals surface area contributed by atoms with Crippen LogP contribution < -0.4 is 21.7 Å². The number of hydrogen-bond acceptors (Lipinski definition) is 6. The zero-order chi connectivity index (χ0) is 16.0. The van der Waals surface area contributed by atoms with Gasteiger partial charge in [-0.3, -0.25) is 9.69 Å². The minimum atomic E-state index is -0.477. The van der Waals surface area contributed by atoms with Crippen molar-refractivity contribution in [1.29, 1.82) is 0 Å². The van der Waals surface area contributed by atoms with Crippen LogP contribution in [0.2, 0.25) is 0 Å². The lowest BCUT2D eigenvalue weighted by Gasteiger charge is -2.46. The number of amides is 1. The summed E-state index contributed by atoms with van der Waals surface area (Å²) in [5.41, 5.74) is 14.4. The normalized spacial score (nSPS) is 22.4. The highest BCUT2D eigenvalue weighted by Crippen LogP contribution is 2.42. The van der Waals surface area contributed by atoms with Gasteiger partial charge < -0.3 is 16.8 Å². The summed E-state index contributed by atoms with van der Waals surface area (Å²) in [6.07, 6.45) is 5.46. The highest BCUT2D eigenvalue weighted by molar-refractivity contribution is 6.08. The van der Waals surface area contributed by atoms with Crippen LogP contribution in [0.1, 0.15) is 37.7 Å². The van der Waals surface area contributed by atoms with Gasteiger partial charge in [-0.05, 0) is 37.8 Å². The molecule has 1 amide bonds. The zero-order valence-corrected chi connectivity index (χ0v) is 12.9. The topological polar surface area (TPSA) is 109 Å². The Balaban J connectivity index is 1.85. The molecule has 120 valence electrons. The third-order valence-corrected chi connectivity index (χ3v) is 4.86. The number of anilines is 2. The van der Waals surface area contributed by atoms with Gasteiger partial charge in [0.2, 0.25) is 17.8 Å². The predicted octanol–water partition coefficient (Wildman–Crippen LogP) is 1.29. The van der Waals surface area contributed by atoms with Gasteiger partial charge in [0, 0.05) is 11.3 Å². The van der Waals surface area contributed by atoms with Crippen molar-refractivity contribution in [1.82, 2.24) is 0 Å². The number of benzene rings is 1. The molecule has 1 saturated carbocycles. The smallest absolute Gasteiger partial charge is 0.228 e. The van der Waals surface area contributed by atoms with Gasteiger partial charge in [0.15, 0.2) is 0 Å². The highest BCUT2D eigenvalue weighted by atomic mass is 16.1. The average molecular weight is 312 g/mol. The van der Waals surface area contributed by atoms with Gasteiger partial charge in [-0.25, -0.2) is 4.99 Å². The van der Waals surface area contributed by atoms with Crippen LogP contribution in [0.5, 0.6) is 0 Å². The second-order valence-corrected chi connectivity index (χ2v) is 6.35. The average Bonchev–Trinajstić information content (AvgIpc) is 2.88. The number of carbonyl (C=O) groups is 1. The SMILES string of the molecule is NC1=NC2(CCCCC2)N(c2cccc3c2CC(=O)N3)C(N)=N1. The van der Waals surface area contributed by atoms with Crippen LogP contribution >= 0.6 is 0 Å². The van der Waals surface area contributed by atoms with Crippen LogP contribution in [0.4, 0.5) is 11.4 Å². The maximum Gasteiger partial charge on any atom is 0.228 e. The largest absolute Gasteiger partial charge is 0.369 e. The van der Waals surface area contributed by atoms with E-state index >= 15 is 0 Å². The number of hydrogen-bond donors (Lipinski definition) is 3. The molecular formula is C16H20N6O. The number of nitrogens with zero attached hydrogens (tertiary/aromatic N) is 3. The number of aliphatic imine (C=N–C) groups is 2. The first-order valence-corrected chi connectivity index (χ1v) is 8.00. The maximum atomic E-state index is 11.8. The number of guanidine groups is 2. The van der Waals surface area contributed by atoms with E-state index in [0.717, 1.165) is 42.6 Å². The molecule has 1 aromatic rings. The Kier molecular flexibility index (Phi) is 3.04. The molecule has 1 fully saturated rings. The van der Waals surface area contributed by atoms with E-state index in [-0.39, 0.29) is 11.9 Å². The third kappa shape index (κ3) is 2.15. The molecule has 0 bridgehead atoms. The molecule has 0 atom stereocenters. The van der Waals surface area contributed by atoms with E-state index in [2.05, 4.69) is 15.3 Å². The van der Waals surface area contributed by atoms with Crippen molar-refractivity contribution in [3.63, 3.8) is 0 Å². The fourth-order valence-corrected chi connectivity index (χ4v) is 3.91. The van der Waals surface area contributed by atoms with Crippen LogP contribution in [0.15, 0.2) is 28.2 Å². The molecule has 2 heterocycles. The van der Waals surface area contributed by atoms with Crippen LogP contribution in [0.3, 0.4) is 0 Å². The summed E-state index contributed by atoms with van der Waals surface area (Å²) < 4.78 is 0. The van der Waals surface area contributed by atoms with Gasteiger partial charge in [-0.1, -0.05) is 12.5 Å². The second kappa shape index (κ2) is 4.97. The van der Waals surface area contributed by atoms with Crippen LogP contribution in [0, 0.1) is 0 Å². The minimum absolute atomic E-state index is 0.000629. The molecule has 5 N–H and O–H groups in total. The molecule has 1 spiro atoms. The molecular weight excluding hydrogens is 292 g/mol. The molecule has 1 aromatic carbocycles. The van der Waals surface area contributed by atoms with E-state index in [1.807, 2.05) is 23.1 Å². The lowest BCUT2D eigenvalue weighted by Crippen LogP contribution is -2.58. The fourth-order valence-electron chi connectivity index (χ4n) is 3.91. The van der Waals surface area contributed by atoms with E-state index in [9.17, 15) is 4.79 Å². The first kappa shape index (κ1) is 14.0. The molecule has 7 heteroatoms. The molecule has 7 nitrogen and oxygen atoms in total. The summed E-state index contributed by atoms with van der Waals surface area (Å²) in [4.78, 5) is 22.6. The van der Waals surface area contributed by atoms with E-state index in [0.29, 0.717) is 12.4 Å². The van der Waals surface area contributed by atoms with E-state index in [1.54, 1.807) is 0 Å². The fraction of sp³-hybridized carbons (Fsp3) is 0.438. The molecule has 0 saturated heterocycles. The summed E-state index contributed by atoms with van der Waals surface area (Å²) in [6.45, 7) is 0. The minimum Gasteiger partial charge on any atom is -0.369 e. The Morgan fingerprint density at radius 2 is 1.96 bits per heavy atom.